The summed E-state index contributed by atoms with van der Waals surface area (Å²) in [7, 11) is 0. The summed E-state index contributed by atoms with van der Waals surface area (Å²) in [5.41, 5.74) is 1.18. The molecular weight excluding hydrogens is 266 g/mol. The Morgan fingerprint density at radius 1 is 1.24 bits per heavy atom. The van der Waals surface area contributed by atoms with E-state index >= 15 is 0 Å². The van der Waals surface area contributed by atoms with E-state index in [-0.39, 0.29) is 12.1 Å². The number of rotatable bonds is 3. The number of aryl methyl sites for hydroxylation is 1. The predicted octanol–water partition coefficient (Wildman–Crippen LogP) is 1.99. The lowest BCUT2D eigenvalue weighted by Gasteiger charge is -2.42. The van der Waals surface area contributed by atoms with Gasteiger partial charge in [-0.1, -0.05) is 12.1 Å². The van der Waals surface area contributed by atoms with Gasteiger partial charge in [0.2, 0.25) is 0 Å². The molecule has 2 fully saturated rings. The first kappa shape index (κ1) is 14.8. The molecule has 2 aliphatic rings. The second-order valence-electron chi connectivity index (χ2n) is 6.11. The van der Waals surface area contributed by atoms with Crippen LogP contribution in [0.4, 0.5) is 0 Å². The van der Waals surface area contributed by atoms with Crippen LogP contribution in [0.25, 0.3) is 0 Å². The van der Waals surface area contributed by atoms with Crippen molar-refractivity contribution < 1.29 is 14.6 Å². The molecule has 0 amide bonds. The molecular formula is C17H25NO3. The van der Waals surface area contributed by atoms with Crippen molar-refractivity contribution in [3.05, 3.63) is 29.8 Å². The summed E-state index contributed by atoms with van der Waals surface area (Å²) >= 11 is 0. The zero-order valence-corrected chi connectivity index (χ0v) is 12.7. The fourth-order valence-corrected chi connectivity index (χ4v) is 3.42. The SMILES string of the molecule is Cc1cccc(O[C@@H]2CCC[C@H](N3CCOCC3)[C@H]2O)c1. The van der Waals surface area contributed by atoms with Crippen molar-refractivity contribution in [1.82, 2.24) is 4.90 Å². The third kappa shape index (κ3) is 3.57. The van der Waals surface area contributed by atoms with Crippen molar-refractivity contribution in [3.8, 4) is 5.75 Å². The minimum absolute atomic E-state index is 0.103. The maximum absolute atomic E-state index is 10.7. The highest BCUT2D eigenvalue weighted by molar-refractivity contribution is 5.27. The molecule has 1 N–H and O–H groups in total. The number of ether oxygens (including phenoxy) is 2. The highest BCUT2D eigenvalue weighted by atomic mass is 16.5. The Labute approximate surface area is 126 Å². The maximum atomic E-state index is 10.7. The van der Waals surface area contributed by atoms with Crippen LogP contribution < -0.4 is 4.74 Å². The monoisotopic (exact) mass is 291 g/mol. The first-order chi connectivity index (χ1) is 10.2. The molecule has 4 nitrogen and oxygen atoms in total. The van der Waals surface area contributed by atoms with E-state index in [1.807, 2.05) is 18.2 Å². The maximum Gasteiger partial charge on any atom is 0.126 e. The fourth-order valence-electron chi connectivity index (χ4n) is 3.42. The van der Waals surface area contributed by atoms with Crippen LogP contribution in [0.3, 0.4) is 0 Å². The van der Waals surface area contributed by atoms with E-state index in [1.54, 1.807) is 0 Å². The van der Waals surface area contributed by atoms with E-state index in [9.17, 15) is 5.11 Å². The van der Waals surface area contributed by atoms with Gasteiger partial charge < -0.3 is 14.6 Å². The second kappa shape index (κ2) is 6.77. The Balaban J connectivity index is 1.65. The molecule has 0 aromatic heterocycles. The molecule has 3 rings (SSSR count). The van der Waals surface area contributed by atoms with Crippen LogP contribution in [0.1, 0.15) is 24.8 Å². The highest BCUT2D eigenvalue weighted by Crippen LogP contribution is 2.28. The molecule has 1 aromatic carbocycles. The predicted molar refractivity (Wildman–Crippen MR) is 81.6 cm³/mol. The van der Waals surface area contributed by atoms with Gasteiger partial charge in [-0.2, -0.15) is 0 Å². The molecule has 21 heavy (non-hydrogen) atoms. The Hall–Kier alpha value is -1.10. The molecule has 1 aromatic rings. The Kier molecular flexibility index (Phi) is 4.78. The Bertz CT molecular complexity index is 459. The first-order valence-electron chi connectivity index (χ1n) is 7.97. The van der Waals surface area contributed by atoms with Gasteiger partial charge in [0.15, 0.2) is 0 Å². The molecule has 0 radical (unpaired) electrons. The van der Waals surface area contributed by atoms with Gasteiger partial charge in [0.1, 0.15) is 18.0 Å². The van der Waals surface area contributed by atoms with Crippen molar-refractivity contribution in [3.63, 3.8) is 0 Å². The lowest BCUT2D eigenvalue weighted by atomic mass is 9.88. The standard InChI is InChI=1S/C17H25NO3/c1-13-4-2-5-14(12-13)21-16-7-3-6-15(17(16)19)18-8-10-20-11-9-18/h2,4-5,12,15-17,19H,3,6-11H2,1H3/t15-,16+,17+/m0/s1. The third-order valence-corrected chi connectivity index (χ3v) is 4.56. The molecule has 3 atom stereocenters. The van der Waals surface area contributed by atoms with Crippen molar-refractivity contribution in [2.75, 3.05) is 26.3 Å². The summed E-state index contributed by atoms with van der Waals surface area (Å²) in [5.74, 6) is 0.863. The van der Waals surface area contributed by atoms with Crippen molar-refractivity contribution in [2.45, 2.75) is 44.4 Å². The number of hydrogen-bond donors (Lipinski definition) is 1. The first-order valence-corrected chi connectivity index (χ1v) is 7.97. The quantitative estimate of drug-likeness (QED) is 0.925. The van der Waals surface area contributed by atoms with Gasteiger partial charge in [0, 0.05) is 19.1 Å². The number of benzene rings is 1. The van der Waals surface area contributed by atoms with Crippen LogP contribution in [0.2, 0.25) is 0 Å². The zero-order chi connectivity index (χ0) is 14.7. The summed E-state index contributed by atoms with van der Waals surface area (Å²) in [6.07, 6.45) is 2.56. The number of nitrogens with zero attached hydrogens (tertiary/aromatic N) is 1. The van der Waals surface area contributed by atoms with Crippen molar-refractivity contribution in [1.29, 1.82) is 0 Å². The average Bonchev–Trinajstić information content (AvgIpc) is 2.50. The molecule has 1 heterocycles. The Morgan fingerprint density at radius 2 is 2.05 bits per heavy atom. The summed E-state index contributed by atoms with van der Waals surface area (Å²) < 4.78 is 11.5. The minimum atomic E-state index is -0.419. The smallest absolute Gasteiger partial charge is 0.126 e. The van der Waals surface area contributed by atoms with Crippen molar-refractivity contribution in [2.24, 2.45) is 0 Å². The van der Waals surface area contributed by atoms with Crippen LogP contribution in [0, 0.1) is 6.92 Å². The van der Waals surface area contributed by atoms with Gasteiger partial charge >= 0.3 is 0 Å². The molecule has 1 saturated carbocycles. The van der Waals surface area contributed by atoms with Gasteiger partial charge in [0.05, 0.1) is 13.2 Å². The van der Waals surface area contributed by atoms with Crippen molar-refractivity contribution >= 4 is 0 Å². The lowest BCUT2D eigenvalue weighted by Crippen LogP contribution is -2.55. The second-order valence-corrected chi connectivity index (χ2v) is 6.11. The molecule has 1 aliphatic heterocycles. The van der Waals surface area contributed by atoms with Crippen LogP contribution in [0.5, 0.6) is 5.75 Å². The van der Waals surface area contributed by atoms with Gasteiger partial charge in [-0.3, -0.25) is 4.90 Å². The highest BCUT2D eigenvalue weighted by Gasteiger charge is 2.37. The van der Waals surface area contributed by atoms with E-state index in [2.05, 4.69) is 17.9 Å². The molecule has 1 aliphatic carbocycles. The molecule has 4 heteroatoms. The van der Waals surface area contributed by atoms with Gasteiger partial charge in [-0.05, 0) is 43.9 Å². The van der Waals surface area contributed by atoms with E-state index in [0.717, 1.165) is 51.3 Å². The molecule has 116 valence electrons. The third-order valence-electron chi connectivity index (χ3n) is 4.56. The summed E-state index contributed by atoms with van der Waals surface area (Å²) in [5, 5.41) is 10.7. The number of aliphatic hydroxyl groups is 1. The molecule has 0 spiro atoms. The lowest BCUT2D eigenvalue weighted by molar-refractivity contribution is -0.0775. The number of morpholine rings is 1. The van der Waals surface area contributed by atoms with Gasteiger partial charge in [-0.15, -0.1) is 0 Å². The molecule has 0 bridgehead atoms. The minimum Gasteiger partial charge on any atom is -0.488 e. The van der Waals surface area contributed by atoms with E-state index < -0.39 is 6.10 Å². The molecule has 1 saturated heterocycles. The normalized spacial score (nSPS) is 31.0. The largest absolute Gasteiger partial charge is 0.488 e. The summed E-state index contributed by atoms with van der Waals surface area (Å²) in [6.45, 7) is 5.43. The van der Waals surface area contributed by atoms with E-state index in [4.69, 9.17) is 9.47 Å². The van der Waals surface area contributed by atoms with Crippen LogP contribution >= 0.6 is 0 Å². The number of aliphatic hydroxyl groups excluding tert-OH is 1. The van der Waals surface area contributed by atoms with Gasteiger partial charge in [0.25, 0.3) is 0 Å². The topological polar surface area (TPSA) is 41.9 Å². The summed E-state index contributed by atoms with van der Waals surface area (Å²) in [4.78, 5) is 2.36. The van der Waals surface area contributed by atoms with E-state index in [0.29, 0.717) is 0 Å². The fraction of sp³-hybridized carbons (Fsp3) is 0.647. The van der Waals surface area contributed by atoms with Crippen LogP contribution in [-0.2, 0) is 4.74 Å². The van der Waals surface area contributed by atoms with Crippen LogP contribution in [0.15, 0.2) is 24.3 Å². The van der Waals surface area contributed by atoms with E-state index in [1.165, 1.54) is 5.56 Å². The Morgan fingerprint density at radius 3 is 2.81 bits per heavy atom. The van der Waals surface area contributed by atoms with Gasteiger partial charge in [-0.25, -0.2) is 0 Å². The molecule has 0 unspecified atom stereocenters. The number of hydrogen-bond acceptors (Lipinski definition) is 4. The summed E-state index contributed by atoms with van der Waals surface area (Å²) in [6, 6.07) is 8.26. The average molecular weight is 291 g/mol. The zero-order valence-electron chi connectivity index (χ0n) is 12.7. The van der Waals surface area contributed by atoms with Crippen LogP contribution in [-0.4, -0.2) is 54.6 Å².